The third-order valence-electron chi connectivity index (χ3n) is 13.8. The average molecular weight is 1040 g/mol. The molecule has 9 aromatic rings. The second-order valence-corrected chi connectivity index (χ2v) is 18.5. The van der Waals surface area contributed by atoms with E-state index in [1.54, 1.807) is 45.1 Å². The van der Waals surface area contributed by atoms with Crippen molar-refractivity contribution in [1.82, 2.24) is 19.5 Å². The summed E-state index contributed by atoms with van der Waals surface area (Å²) in [5.74, 6) is 3.16. The van der Waals surface area contributed by atoms with Crippen LogP contribution in [-0.2, 0) is 45.3 Å². The number of imidazole rings is 1. The quantitative estimate of drug-likeness (QED) is 0.0312. The number of carbonyl (C=O) groups excluding carboxylic acids is 1. The number of furan rings is 1. The first-order valence-corrected chi connectivity index (χ1v) is 25.2. The molecule has 3 aromatic heterocycles. The molecule has 15 heteroatoms. The lowest BCUT2D eigenvalue weighted by molar-refractivity contribution is -0.131. The number of aromatic hydroxyl groups is 1. The van der Waals surface area contributed by atoms with Gasteiger partial charge in [-0.05, 0) is 125 Å². The maximum Gasteiger partial charge on any atom is 0.308 e. The lowest BCUT2D eigenvalue weighted by atomic mass is 9.72. The molecule has 0 bridgehead atoms. The highest BCUT2D eigenvalue weighted by molar-refractivity contribution is 5.77. The number of hydrogen-bond donors (Lipinski definition) is 1. The molecule has 1 atom stereocenters. The van der Waals surface area contributed by atoms with Crippen LogP contribution in [-0.4, -0.2) is 59.0 Å². The van der Waals surface area contributed by atoms with Gasteiger partial charge in [-0.1, -0.05) is 91.0 Å². The zero-order valence-corrected chi connectivity index (χ0v) is 43.4. The van der Waals surface area contributed by atoms with E-state index >= 15 is 0 Å². The van der Waals surface area contributed by atoms with Gasteiger partial charge in [0.15, 0.2) is 22.7 Å². The summed E-state index contributed by atoms with van der Waals surface area (Å²) >= 11 is 0. The fourth-order valence-corrected chi connectivity index (χ4v) is 10.1. The van der Waals surface area contributed by atoms with Crippen molar-refractivity contribution in [3.8, 4) is 46.3 Å². The van der Waals surface area contributed by atoms with E-state index in [0.717, 1.165) is 58.6 Å². The third kappa shape index (κ3) is 10.7. The van der Waals surface area contributed by atoms with Crippen molar-refractivity contribution in [3.63, 3.8) is 0 Å². The fraction of sp³-hybridized carbons (Fsp3) is 0.226. The normalized spacial score (nSPS) is 13.5. The first-order valence-electron chi connectivity index (χ1n) is 25.2. The number of ether oxygens (including phenoxy) is 8. The Kier molecular flexibility index (Phi) is 15.3. The molecule has 0 amide bonds. The number of carbonyl (C=O) groups is 1. The summed E-state index contributed by atoms with van der Waals surface area (Å²) in [7, 11) is 6.54. The Bertz CT molecular complexity index is 3370. The number of benzene rings is 6. The molecule has 0 radical (unpaired) electrons. The average Bonchev–Trinajstić information content (AvgIpc) is 4.16. The highest BCUT2D eigenvalue weighted by Gasteiger charge is 2.44. The molecule has 15 nitrogen and oxygen atoms in total. The van der Waals surface area contributed by atoms with E-state index in [-0.39, 0.29) is 49.0 Å². The van der Waals surface area contributed by atoms with Gasteiger partial charge in [0.25, 0.3) is 0 Å². The minimum absolute atomic E-state index is 0.00518. The van der Waals surface area contributed by atoms with E-state index in [1.807, 2.05) is 133 Å². The van der Waals surface area contributed by atoms with Crippen molar-refractivity contribution in [1.29, 1.82) is 0 Å². The second kappa shape index (κ2) is 22.9. The van der Waals surface area contributed by atoms with E-state index < -0.39 is 17.2 Å². The maximum absolute atomic E-state index is 12.4. The van der Waals surface area contributed by atoms with Crippen molar-refractivity contribution in [2.75, 3.05) is 28.4 Å². The Hall–Kier alpha value is -8.92. The SMILES string of the molecule is COc1ccc(C(OCc2cc(COc3ncnc4c3ncn4-c3cc(O)c(COC(c4ccc(OC)cc4)(c4ccc(OC)cc4)C4C=CCCC4)o3)cc(OC(C)=O)c2)(c2ccccc2)c2ccc(OC)cc2)cc1. The van der Waals surface area contributed by atoms with Gasteiger partial charge in [-0.25, -0.2) is 9.97 Å². The van der Waals surface area contributed by atoms with Gasteiger partial charge in [0.2, 0.25) is 11.8 Å². The van der Waals surface area contributed by atoms with Gasteiger partial charge < -0.3 is 47.4 Å². The van der Waals surface area contributed by atoms with Gasteiger partial charge in [-0.3, -0.25) is 9.36 Å². The van der Waals surface area contributed by atoms with Crippen LogP contribution in [0.3, 0.4) is 0 Å². The summed E-state index contributed by atoms with van der Waals surface area (Å²) in [6.45, 7) is 1.36. The molecule has 0 aliphatic heterocycles. The summed E-state index contributed by atoms with van der Waals surface area (Å²) < 4.78 is 56.5. The molecule has 3 heterocycles. The van der Waals surface area contributed by atoms with Crippen molar-refractivity contribution in [3.05, 3.63) is 221 Å². The Morgan fingerprint density at radius 3 is 1.74 bits per heavy atom. The van der Waals surface area contributed by atoms with Gasteiger partial charge in [-0.15, -0.1) is 0 Å². The topological polar surface area (TPSA) is 168 Å². The number of allylic oxidation sites excluding steroid dienone is 1. The first kappa shape index (κ1) is 51.6. The van der Waals surface area contributed by atoms with Crippen LogP contribution < -0.4 is 28.4 Å². The monoisotopic (exact) mass is 1030 g/mol. The summed E-state index contributed by atoms with van der Waals surface area (Å²) in [6, 6.07) is 48.3. The Labute approximate surface area is 446 Å². The van der Waals surface area contributed by atoms with E-state index in [2.05, 4.69) is 27.1 Å². The maximum atomic E-state index is 12.4. The smallest absolute Gasteiger partial charge is 0.308 e. The Morgan fingerprint density at radius 2 is 1.19 bits per heavy atom. The van der Waals surface area contributed by atoms with Crippen LogP contribution in [0.25, 0.3) is 17.0 Å². The molecule has 0 saturated carbocycles. The number of nitrogens with zero attached hydrogens (tertiary/aromatic N) is 4. The molecule has 1 N–H and O–H groups in total. The van der Waals surface area contributed by atoms with Crippen LogP contribution in [0.1, 0.15) is 70.9 Å². The third-order valence-corrected chi connectivity index (χ3v) is 13.8. The fourth-order valence-electron chi connectivity index (χ4n) is 10.1. The number of rotatable bonds is 21. The van der Waals surface area contributed by atoms with Crippen molar-refractivity contribution >= 4 is 17.1 Å². The molecule has 1 unspecified atom stereocenters. The molecule has 1 aliphatic rings. The standard InChI is InChI=1S/C62H58N4O11/c1-41(67)76-54-33-42(32-43(34-54)37-74-61(44-12-8-6-9-13-44,46-16-24-50(69-2)25-17-46)47-18-26-51(70-3)27-19-47)36-73-60-58-59(63-39-64-60)66(40-65-58)57-35-55(68)56(77-57)38-75-62(45-14-10-7-11-15-45,48-20-28-52(71-4)29-21-48)49-22-30-53(72-5)31-23-49/h6,8-10,12-14,16-35,39-40,45,68H,7,11,15,36-38H2,1-5H3. The minimum atomic E-state index is -1.11. The number of fused-ring (bicyclic) bond motifs is 1. The summed E-state index contributed by atoms with van der Waals surface area (Å²) in [4.78, 5) is 26.1. The number of methoxy groups -OCH3 is 4. The predicted molar refractivity (Wildman–Crippen MR) is 288 cm³/mol. The van der Waals surface area contributed by atoms with Gasteiger partial charge in [0.05, 0.1) is 35.0 Å². The van der Waals surface area contributed by atoms with Crippen LogP contribution in [0, 0.1) is 5.92 Å². The molecular weight excluding hydrogens is 977 g/mol. The highest BCUT2D eigenvalue weighted by atomic mass is 16.5. The number of aromatic nitrogens is 4. The molecule has 0 saturated heterocycles. The lowest BCUT2D eigenvalue weighted by Crippen LogP contribution is -2.39. The van der Waals surface area contributed by atoms with Gasteiger partial charge in [0.1, 0.15) is 65.8 Å². The molecule has 1 aliphatic carbocycles. The van der Waals surface area contributed by atoms with E-state index in [4.69, 9.17) is 42.3 Å². The molecule has 6 aromatic carbocycles. The predicted octanol–water partition coefficient (Wildman–Crippen LogP) is 12.0. The zero-order chi connectivity index (χ0) is 53.4. The summed E-state index contributed by atoms with van der Waals surface area (Å²) in [6.07, 6.45) is 10.2. The van der Waals surface area contributed by atoms with Gasteiger partial charge in [0, 0.05) is 18.9 Å². The Morgan fingerprint density at radius 1 is 0.636 bits per heavy atom. The van der Waals surface area contributed by atoms with Crippen LogP contribution >= 0.6 is 0 Å². The van der Waals surface area contributed by atoms with Crippen LogP contribution in [0.5, 0.6) is 40.4 Å². The van der Waals surface area contributed by atoms with E-state index in [1.165, 1.54) is 25.6 Å². The van der Waals surface area contributed by atoms with Crippen molar-refractivity contribution < 1.29 is 52.2 Å². The second-order valence-electron chi connectivity index (χ2n) is 18.5. The highest BCUT2D eigenvalue weighted by Crippen LogP contribution is 2.48. The summed E-state index contributed by atoms with van der Waals surface area (Å²) in [5.41, 5.74) is 4.43. The zero-order valence-electron chi connectivity index (χ0n) is 43.4. The lowest BCUT2D eigenvalue weighted by Gasteiger charge is -2.41. The van der Waals surface area contributed by atoms with E-state index in [0.29, 0.717) is 39.5 Å². The largest absolute Gasteiger partial charge is 0.504 e. The summed E-state index contributed by atoms with van der Waals surface area (Å²) in [5, 5.41) is 11.5. The van der Waals surface area contributed by atoms with Gasteiger partial charge >= 0.3 is 5.97 Å². The minimum Gasteiger partial charge on any atom is -0.504 e. The molecule has 0 fully saturated rings. The Balaban J connectivity index is 0.929. The molecule has 392 valence electrons. The van der Waals surface area contributed by atoms with Crippen molar-refractivity contribution in [2.24, 2.45) is 5.92 Å². The van der Waals surface area contributed by atoms with E-state index in [9.17, 15) is 9.90 Å². The molecule has 10 rings (SSSR count). The first-order chi connectivity index (χ1) is 37.6. The number of esters is 1. The van der Waals surface area contributed by atoms with Gasteiger partial charge in [-0.2, -0.15) is 4.98 Å². The number of hydrogen-bond acceptors (Lipinski definition) is 14. The molecule has 77 heavy (non-hydrogen) atoms. The molecular formula is C62H58N4O11. The van der Waals surface area contributed by atoms with Crippen molar-refractivity contribution in [2.45, 2.75) is 57.2 Å². The van der Waals surface area contributed by atoms with Crippen LogP contribution in [0.15, 0.2) is 181 Å². The van der Waals surface area contributed by atoms with Crippen LogP contribution in [0.4, 0.5) is 0 Å². The molecule has 0 spiro atoms. The van der Waals surface area contributed by atoms with Crippen LogP contribution in [0.2, 0.25) is 0 Å².